The summed E-state index contributed by atoms with van der Waals surface area (Å²) in [4.78, 5) is 10.8. The minimum absolute atomic E-state index is 0.0996. The summed E-state index contributed by atoms with van der Waals surface area (Å²) in [7, 11) is 0. The summed E-state index contributed by atoms with van der Waals surface area (Å²) in [5.41, 5.74) is 1.25. The molecular formula is C12H12ClN3O2S. The molecule has 0 amide bonds. The number of aromatic nitrogens is 2. The predicted molar refractivity (Wildman–Crippen MR) is 75.8 cm³/mol. The number of nitro benzene ring substituents is 1. The third-order valence-corrected chi connectivity index (χ3v) is 3.93. The van der Waals surface area contributed by atoms with Crippen LogP contribution in [0.25, 0.3) is 10.6 Å². The van der Waals surface area contributed by atoms with Crippen molar-refractivity contribution in [3.8, 4) is 10.6 Å². The third-order valence-electron chi connectivity index (χ3n) is 2.64. The van der Waals surface area contributed by atoms with E-state index < -0.39 is 0 Å². The average molecular weight is 298 g/mol. The Labute approximate surface area is 119 Å². The van der Waals surface area contributed by atoms with Gasteiger partial charge in [-0.2, -0.15) is 0 Å². The maximum atomic E-state index is 11.1. The fourth-order valence-corrected chi connectivity index (χ4v) is 2.80. The van der Waals surface area contributed by atoms with E-state index in [4.69, 9.17) is 11.6 Å². The van der Waals surface area contributed by atoms with Crippen LogP contribution in [0.2, 0.25) is 0 Å². The van der Waals surface area contributed by atoms with Gasteiger partial charge in [-0.15, -0.1) is 21.8 Å². The van der Waals surface area contributed by atoms with E-state index in [1.54, 1.807) is 25.1 Å². The molecular weight excluding hydrogens is 286 g/mol. The molecule has 2 rings (SSSR count). The van der Waals surface area contributed by atoms with Crippen LogP contribution in [0.15, 0.2) is 18.2 Å². The molecule has 0 saturated heterocycles. The van der Waals surface area contributed by atoms with E-state index in [-0.39, 0.29) is 10.6 Å². The van der Waals surface area contributed by atoms with Gasteiger partial charge in [-0.05, 0) is 19.4 Å². The standard InChI is InChI=1S/C12H12ClN3O2S/c1-8-4-2-5-9(11(8)16(17)18)12-15-14-10(19-12)6-3-7-13/h2,4-5H,3,6-7H2,1H3. The van der Waals surface area contributed by atoms with Crippen molar-refractivity contribution in [2.24, 2.45) is 0 Å². The molecule has 1 aromatic heterocycles. The Bertz CT molecular complexity index is 600. The Morgan fingerprint density at radius 3 is 2.89 bits per heavy atom. The van der Waals surface area contributed by atoms with Crippen LogP contribution < -0.4 is 0 Å². The molecule has 0 N–H and O–H groups in total. The average Bonchev–Trinajstić information content (AvgIpc) is 2.84. The Morgan fingerprint density at radius 2 is 2.21 bits per heavy atom. The maximum absolute atomic E-state index is 11.1. The quantitative estimate of drug-likeness (QED) is 0.480. The lowest BCUT2D eigenvalue weighted by Gasteiger charge is -2.01. The van der Waals surface area contributed by atoms with Crippen LogP contribution in [0.3, 0.4) is 0 Å². The van der Waals surface area contributed by atoms with Crippen LogP contribution in [0.4, 0.5) is 5.69 Å². The first kappa shape index (κ1) is 13.9. The van der Waals surface area contributed by atoms with Crippen LogP contribution in [-0.4, -0.2) is 21.0 Å². The van der Waals surface area contributed by atoms with Gasteiger partial charge in [0.25, 0.3) is 5.69 Å². The highest BCUT2D eigenvalue weighted by Gasteiger charge is 2.20. The summed E-state index contributed by atoms with van der Waals surface area (Å²) < 4.78 is 0. The number of nitro groups is 1. The van der Waals surface area contributed by atoms with Gasteiger partial charge in [0.1, 0.15) is 5.01 Å². The SMILES string of the molecule is Cc1cccc(-c2nnc(CCCCl)s2)c1[N+](=O)[O-]. The molecule has 7 heteroatoms. The van der Waals surface area contributed by atoms with Crippen molar-refractivity contribution in [1.29, 1.82) is 0 Å². The van der Waals surface area contributed by atoms with Crippen molar-refractivity contribution in [3.63, 3.8) is 0 Å². The summed E-state index contributed by atoms with van der Waals surface area (Å²) in [6.07, 6.45) is 1.58. The predicted octanol–water partition coefficient (Wildman–Crippen LogP) is 3.59. The number of hydrogen-bond acceptors (Lipinski definition) is 5. The molecule has 0 atom stereocenters. The second kappa shape index (κ2) is 6.08. The summed E-state index contributed by atoms with van der Waals surface area (Å²) >= 11 is 7.01. The second-order valence-corrected chi connectivity index (χ2v) is 5.46. The molecule has 19 heavy (non-hydrogen) atoms. The Balaban J connectivity index is 2.39. The number of alkyl halides is 1. The second-order valence-electron chi connectivity index (χ2n) is 4.02. The minimum atomic E-state index is -0.371. The highest BCUT2D eigenvalue weighted by atomic mass is 35.5. The first-order valence-corrected chi connectivity index (χ1v) is 7.11. The number of halogens is 1. The highest BCUT2D eigenvalue weighted by Crippen LogP contribution is 2.34. The zero-order chi connectivity index (χ0) is 13.8. The van der Waals surface area contributed by atoms with Gasteiger partial charge >= 0.3 is 0 Å². The van der Waals surface area contributed by atoms with Crippen LogP contribution in [0.1, 0.15) is 17.0 Å². The van der Waals surface area contributed by atoms with Gasteiger partial charge in [0, 0.05) is 17.9 Å². The molecule has 5 nitrogen and oxygen atoms in total. The van der Waals surface area contributed by atoms with Crippen LogP contribution in [0.5, 0.6) is 0 Å². The van der Waals surface area contributed by atoms with Gasteiger partial charge in [-0.25, -0.2) is 0 Å². The zero-order valence-electron chi connectivity index (χ0n) is 10.3. The molecule has 0 radical (unpaired) electrons. The van der Waals surface area contributed by atoms with Gasteiger partial charge < -0.3 is 0 Å². The number of benzene rings is 1. The first-order chi connectivity index (χ1) is 9.13. The van der Waals surface area contributed by atoms with Crippen molar-refractivity contribution >= 4 is 28.6 Å². The van der Waals surface area contributed by atoms with Crippen molar-refractivity contribution in [2.45, 2.75) is 19.8 Å². The third kappa shape index (κ3) is 3.08. The van der Waals surface area contributed by atoms with Crippen molar-refractivity contribution < 1.29 is 4.92 Å². The van der Waals surface area contributed by atoms with Gasteiger partial charge in [0.2, 0.25) is 0 Å². The summed E-state index contributed by atoms with van der Waals surface area (Å²) in [5.74, 6) is 0.569. The van der Waals surface area contributed by atoms with Gasteiger partial charge in [0.05, 0.1) is 10.5 Å². The molecule has 100 valence electrons. The van der Waals surface area contributed by atoms with Crippen LogP contribution in [-0.2, 0) is 6.42 Å². The molecule has 0 aliphatic heterocycles. The van der Waals surface area contributed by atoms with E-state index >= 15 is 0 Å². The van der Waals surface area contributed by atoms with E-state index in [1.165, 1.54) is 11.3 Å². The van der Waals surface area contributed by atoms with Gasteiger partial charge in [-0.1, -0.05) is 23.5 Å². The lowest BCUT2D eigenvalue weighted by molar-refractivity contribution is -0.384. The summed E-state index contributed by atoms with van der Waals surface area (Å²) in [6.45, 7) is 1.72. The van der Waals surface area contributed by atoms with Crippen molar-refractivity contribution in [3.05, 3.63) is 38.9 Å². The zero-order valence-corrected chi connectivity index (χ0v) is 11.9. The number of hydrogen-bond donors (Lipinski definition) is 0. The first-order valence-electron chi connectivity index (χ1n) is 5.76. The van der Waals surface area contributed by atoms with E-state index in [2.05, 4.69) is 10.2 Å². The molecule has 0 aliphatic rings. The maximum Gasteiger partial charge on any atom is 0.282 e. The fraction of sp³-hybridized carbons (Fsp3) is 0.333. The molecule has 0 fully saturated rings. The van der Waals surface area contributed by atoms with E-state index in [0.29, 0.717) is 22.0 Å². The van der Waals surface area contributed by atoms with Gasteiger partial charge in [-0.3, -0.25) is 10.1 Å². The van der Waals surface area contributed by atoms with E-state index in [1.807, 2.05) is 0 Å². The number of aryl methyl sites for hydroxylation is 2. The fourth-order valence-electron chi connectivity index (χ4n) is 1.76. The summed E-state index contributed by atoms with van der Waals surface area (Å²) in [5, 5.41) is 20.7. The normalized spacial score (nSPS) is 10.6. The van der Waals surface area contributed by atoms with Crippen molar-refractivity contribution in [1.82, 2.24) is 10.2 Å². The number of para-hydroxylation sites is 1. The van der Waals surface area contributed by atoms with Crippen molar-refractivity contribution in [2.75, 3.05) is 5.88 Å². The minimum Gasteiger partial charge on any atom is -0.258 e. The molecule has 0 saturated carbocycles. The largest absolute Gasteiger partial charge is 0.282 e. The lowest BCUT2D eigenvalue weighted by atomic mass is 10.1. The molecule has 0 aliphatic carbocycles. The molecule has 2 aromatic rings. The Kier molecular flexibility index (Phi) is 4.44. The van der Waals surface area contributed by atoms with E-state index in [0.717, 1.165) is 17.8 Å². The molecule has 1 aromatic carbocycles. The molecule has 1 heterocycles. The van der Waals surface area contributed by atoms with Crippen LogP contribution in [0, 0.1) is 17.0 Å². The smallest absolute Gasteiger partial charge is 0.258 e. The topological polar surface area (TPSA) is 68.9 Å². The number of nitrogens with zero attached hydrogens (tertiary/aromatic N) is 3. The monoisotopic (exact) mass is 297 g/mol. The number of rotatable bonds is 5. The molecule has 0 bridgehead atoms. The molecule has 0 spiro atoms. The Hall–Kier alpha value is -1.53. The van der Waals surface area contributed by atoms with Gasteiger partial charge in [0.15, 0.2) is 5.01 Å². The van der Waals surface area contributed by atoms with E-state index in [9.17, 15) is 10.1 Å². The highest BCUT2D eigenvalue weighted by molar-refractivity contribution is 7.14. The molecule has 0 unspecified atom stereocenters. The van der Waals surface area contributed by atoms with Crippen LogP contribution >= 0.6 is 22.9 Å². The Morgan fingerprint density at radius 1 is 1.42 bits per heavy atom. The summed E-state index contributed by atoms with van der Waals surface area (Å²) in [6, 6.07) is 5.21. The lowest BCUT2D eigenvalue weighted by Crippen LogP contribution is -1.94.